The van der Waals surface area contributed by atoms with Gasteiger partial charge in [-0.25, -0.2) is 8.42 Å². The number of carbonyl (C=O) groups excluding carboxylic acids is 1. The first-order chi connectivity index (χ1) is 16.9. The van der Waals surface area contributed by atoms with Crippen molar-refractivity contribution in [3.05, 3.63) is 54.4 Å². The molecule has 1 N–H and O–H groups in total. The van der Waals surface area contributed by atoms with Crippen LogP contribution in [0.2, 0.25) is 0 Å². The molecule has 1 aromatic heterocycles. The first-order valence-electron chi connectivity index (χ1n) is 11.7. The number of rotatable bonds is 9. The third-order valence-electron chi connectivity index (χ3n) is 6.29. The molecular formula is C25H30N4O5S. The molecule has 10 heteroatoms. The summed E-state index contributed by atoms with van der Waals surface area (Å²) in [6.45, 7) is 0. The van der Waals surface area contributed by atoms with Crippen LogP contribution in [-0.4, -0.2) is 49.0 Å². The molecule has 3 aromatic rings. The highest BCUT2D eigenvalue weighted by atomic mass is 32.2. The van der Waals surface area contributed by atoms with Crippen LogP contribution in [0, 0.1) is 0 Å². The number of amides is 1. The minimum Gasteiger partial charge on any atom is -0.497 e. The van der Waals surface area contributed by atoms with Gasteiger partial charge in [0, 0.05) is 37.2 Å². The Kier molecular flexibility index (Phi) is 7.82. The summed E-state index contributed by atoms with van der Waals surface area (Å²) in [4.78, 5) is 16.9. The zero-order valence-corrected chi connectivity index (χ0v) is 20.8. The van der Waals surface area contributed by atoms with Crippen LogP contribution < -0.4 is 10.1 Å². The molecule has 1 aliphatic rings. The summed E-state index contributed by atoms with van der Waals surface area (Å²) in [6.07, 6.45) is 5.50. The van der Waals surface area contributed by atoms with Crippen molar-refractivity contribution in [3.63, 3.8) is 0 Å². The van der Waals surface area contributed by atoms with Gasteiger partial charge in [-0.2, -0.15) is 9.29 Å². The van der Waals surface area contributed by atoms with Crippen LogP contribution in [0.5, 0.6) is 5.75 Å². The van der Waals surface area contributed by atoms with Gasteiger partial charge in [-0.15, -0.1) is 0 Å². The second-order valence-electron chi connectivity index (χ2n) is 8.63. The van der Waals surface area contributed by atoms with Crippen LogP contribution in [0.4, 0.5) is 5.69 Å². The average molecular weight is 499 g/mol. The number of carbonyl (C=O) groups is 1. The zero-order valence-electron chi connectivity index (χ0n) is 19.9. The number of nitrogens with zero attached hydrogens (tertiary/aromatic N) is 3. The third-order valence-corrected chi connectivity index (χ3v) is 8.21. The van der Waals surface area contributed by atoms with Crippen molar-refractivity contribution in [3.8, 4) is 17.1 Å². The van der Waals surface area contributed by atoms with E-state index >= 15 is 0 Å². The first-order valence-corrected chi connectivity index (χ1v) is 13.2. The van der Waals surface area contributed by atoms with Crippen LogP contribution in [0.25, 0.3) is 11.4 Å². The number of methoxy groups -OCH3 is 1. The van der Waals surface area contributed by atoms with Crippen molar-refractivity contribution in [1.82, 2.24) is 14.4 Å². The summed E-state index contributed by atoms with van der Waals surface area (Å²) in [5, 5.41) is 6.75. The molecule has 186 valence electrons. The fraction of sp³-hybridized carbons (Fsp3) is 0.400. The largest absolute Gasteiger partial charge is 0.497 e. The van der Waals surface area contributed by atoms with Gasteiger partial charge in [-0.3, -0.25) is 4.79 Å². The molecule has 0 spiro atoms. The Morgan fingerprint density at radius 3 is 2.43 bits per heavy atom. The summed E-state index contributed by atoms with van der Waals surface area (Å²) in [7, 11) is -0.321. The number of ether oxygens (including phenoxy) is 1. The van der Waals surface area contributed by atoms with E-state index in [1.54, 1.807) is 26.3 Å². The smallest absolute Gasteiger partial charge is 0.243 e. The summed E-state index contributed by atoms with van der Waals surface area (Å²) in [6, 6.07) is 13.6. The molecule has 0 unspecified atom stereocenters. The molecule has 2 aromatic carbocycles. The van der Waals surface area contributed by atoms with Gasteiger partial charge in [0.25, 0.3) is 0 Å². The molecule has 0 atom stereocenters. The van der Waals surface area contributed by atoms with Gasteiger partial charge in [0.15, 0.2) is 0 Å². The molecule has 1 amide bonds. The minimum atomic E-state index is -3.57. The molecule has 0 aliphatic heterocycles. The number of hydrogen-bond acceptors (Lipinski definition) is 7. The summed E-state index contributed by atoms with van der Waals surface area (Å²) in [5.74, 6) is 1.30. The Hall–Kier alpha value is -3.24. The highest BCUT2D eigenvalue weighted by Crippen LogP contribution is 2.27. The van der Waals surface area contributed by atoms with Crippen molar-refractivity contribution in [2.24, 2.45) is 0 Å². The molecule has 9 nitrogen and oxygen atoms in total. The first kappa shape index (κ1) is 24.9. The molecule has 1 fully saturated rings. The van der Waals surface area contributed by atoms with E-state index in [0.717, 1.165) is 43.4 Å². The van der Waals surface area contributed by atoms with E-state index in [-0.39, 0.29) is 29.7 Å². The summed E-state index contributed by atoms with van der Waals surface area (Å²) < 4.78 is 37.8. The number of nitrogens with one attached hydrogen (secondary N) is 1. The lowest BCUT2D eigenvalue weighted by Crippen LogP contribution is -2.38. The number of aryl methyl sites for hydroxylation is 1. The lowest BCUT2D eigenvalue weighted by Gasteiger charge is -2.30. The van der Waals surface area contributed by atoms with E-state index in [1.807, 2.05) is 24.3 Å². The van der Waals surface area contributed by atoms with Gasteiger partial charge in [-0.1, -0.05) is 24.4 Å². The Balaban J connectivity index is 1.30. The third kappa shape index (κ3) is 6.07. The van der Waals surface area contributed by atoms with E-state index < -0.39 is 10.0 Å². The van der Waals surface area contributed by atoms with Gasteiger partial charge < -0.3 is 14.6 Å². The molecule has 0 radical (unpaired) electrons. The van der Waals surface area contributed by atoms with E-state index in [0.29, 0.717) is 17.4 Å². The standard InChI is InChI=1S/C25H30N4O5S/c1-29(20-6-4-3-5-7-20)35(31,32)22-14-10-19(11-15-22)26-23(30)16-17-24-27-25(28-34-24)18-8-12-21(33-2)13-9-18/h8-15,20H,3-7,16-17H2,1-2H3,(H,26,30). The van der Waals surface area contributed by atoms with Crippen molar-refractivity contribution < 1.29 is 22.5 Å². The predicted molar refractivity (Wildman–Crippen MR) is 132 cm³/mol. The Labute approximate surface area is 205 Å². The van der Waals surface area contributed by atoms with Crippen LogP contribution in [-0.2, 0) is 21.2 Å². The highest BCUT2D eigenvalue weighted by molar-refractivity contribution is 7.89. The quantitative estimate of drug-likeness (QED) is 0.468. The van der Waals surface area contributed by atoms with Crippen molar-refractivity contribution in [2.75, 3.05) is 19.5 Å². The fourth-order valence-corrected chi connectivity index (χ4v) is 5.59. The molecule has 0 bridgehead atoms. The molecule has 35 heavy (non-hydrogen) atoms. The Morgan fingerprint density at radius 1 is 1.09 bits per heavy atom. The lowest BCUT2D eigenvalue weighted by molar-refractivity contribution is -0.116. The van der Waals surface area contributed by atoms with Crippen molar-refractivity contribution >= 4 is 21.6 Å². The van der Waals surface area contributed by atoms with Crippen molar-refractivity contribution in [1.29, 1.82) is 0 Å². The topological polar surface area (TPSA) is 115 Å². The monoisotopic (exact) mass is 498 g/mol. The molecule has 1 saturated carbocycles. The zero-order chi connectivity index (χ0) is 24.8. The number of anilines is 1. The van der Waals surface area contributed by atoms with Crippen LogP contribution in [0.15, 0.2) is 57.9 Å². The maximum absolute atomic E-state index is 13.0. The number of sulfonamides is 1. The molecule has 1 heterocycles. The maximum atomic E-state index is 13.0. The number of benzene rings is 2. The van der Waals surface area contributed by atoms with Crippen LogP contribution in [0.1, 0.15) is 44.4 Å². The van der Waals surface area contributed by atoms with Gasteiger partial charge in [0.2, 0.25) is 27.6 Å². The van der Waals surface area contributed by atoms with E-state index in [1.165, 1.54) is 16.4 Å². The van der Waals surface area contributed by atoms with Crippen LogP contribution >= 0.6 is 0 Å². The Morgan fingerprint density at radius 2 is 1.77 bits per heavy atom. The fourth-order valence-electron chi connectivity index (χ4n) is 4.18. The van der Waals surface area contributed by atoms with Crippen LogP contribution in [0.3, 0.4) is 0 Å². The minimum absolute atomic E-state index is 0.0445. The van der Waals surface area contributed by atoms with Gasteiger partial charge in [0.1, 0.15) is 5.75 Å². The van der Waals surface area contributed by atoms with Gasteiger partial charge >= 0.3 is 0 Å². The van der Waals surface area contributed by atoms with E-state index in [2.05, 4.69) is 15.5 Å². The van der Waals surface area contributed by atoms with E-state index in [4.69, 9.17) is 9.26 Å². The Bertz CT molecular complexity index is 1230. The maximum Gasteiger partial charge on any atom is 0.243 e. The average Bonchev–Trinajstić information content (AvgIpc) is 3.37. The van der Waals surface area contributed by atoms with Gasteiger partial charge in [-0.05, 0) is 61.4 Å². The predicted octanol–water partition coefficient (Wildman–Crippen LogP) is 4.27. The lowest BCUT2D eigenvalue weighted by atomic mass is 9.96. The van der Waals surface area contributed by atoms with Crippen molar-refractivity contribution in [2.45, 2.75) is 55.9 Å². The SMILES string of the molecule is COc1ccc(-c2noc(CCC(=O)Nc3ccc(S(=O)(=O)N(C)C4CCCCC4)cc3)n2)cc1. The molecule has 0 saturated heterocycles. The molecule has 4 rings (SSSR count). The summed E-state index contributed by atoms with van der Waals surface area (Å²) >= 11 is 0. The molecular weight excluding hydrogens is 468 g/mol. The molecule has 1 aliphatic carbocycles. The highest BCUT2D eigenvalue weighted by Gasteiger charge is 2.29. The second-order valence-corrected chi connectivity index (χ2v) is 10.6. The number of aromatic nitrogens is 2. The summed E-state index contributed by atoms with van der Waals surface area (Å²) in [5.41, 5.74) is 1.31. The normalized spacial score (nSPS) is 14.7. The van der Waals surface area contributed by atoms with Gasteiger partial charge in [0.05, 0.1) is 12.0 Å². The van der Waals surface area contributed by atoms with E-state index in [9.17, 15) is 13.2 Å². The second kappa shape index (κ2) is 11.0. The number of hydrogen-bond donors (Lipinski definition) is 1.